The molecule has 0 aromatic carbocycles. The van der Waals surface area contributed by atoms with E-state index in [4.69, 9.17) is 0 Å². The first-order valence-electron chi connectivity index (χ1n) is 4.87. The maximum Gasteiger partial charge on any atom is 0.00477 e. The third-order valence-electron chi connectivity index (χ3n) is 3.97. The van der Waals surface area contributed by atoms with Crippen LogP contribution in [0.15, 0.2) is 36.5 Å². The van der Waals surface area contributed by atoms with Crippen LogP contribution in [0.5, 0.6) is 0 Å². The van der Waals surface area contributed by atoms with E-state index >= 15 is 0 Å². The molecule has 0 unspecified atom stereocenters. The second-order valence-corrected chi connectivity index (χ2v) is 4.40. The molecule has 0 bridgehead atoms. The predicted molar refractivity (Wildman–Crippen MR) is 50.8 cm³/mol. The fourth-order valence-corrected chi connectivity index (χ4v) is 2.98. The highest BCUT2D eigenvalue weighted by Crippen LogP contribution is 2.63. The lowest BCUT2D eigenvalue weighted by molar-refractivity contribution is 0.0896. The summed E-state index contributed by atoms with van der Waals surface area (Å²) in [4.78, 5) is 0. The van der Waals surface area contributed by atoms with E-state index in [-0.39, 0.29) is 0 Å². The Labute approximate surface area is 73.7 Å². The third-order valence-corrected chi connectivity index (χ3v) is 3.97. The molecule has 0 amide bonds. The highest BCUT2D eigenvalue weighted by Gasteiger charge is 2.53. The van der Waals surface area contributed by atoms with Gasteiger partial charge >= 0.3 is 0 Å². The molecule has 0 atom stereocenters. The molecule has 0 aliphatic heterocycles. The molecule has 0 saturated carbocycles. The fraction of sp³-hybridized carbons (Fsp3) is 0.500. The Hall–Kier alpha value is -0.780. The molecule has 3 aliphatic carbocycles. The largest absolute Gasteiger partial charge is 0.0876 e. The van der Waals surface area contributed by atoms with Gasteiger partial charge in [0.1, 0.15) is 0 Å². The van der Waals surface area contributed by atoms with E-state index < -0.39 is 0 Å². The first-order chi connectivity index (χ1) is 5.87. The van der Waals surface area contributed by atoms with Crippen LogP contribution in [-0.2, 0) is 0 Å². The van der Waals surface area contributed by atoms with Gasteiger partial charge in [-0.3, -0.25) is 0 Å². The SMILES string of the molecule is C1=CCC23C=CC2(C1)CC=CC3. The number of hydrogen-bond donors (Lipinski definition) is 0. The Morgan fingerprint density at radius 2 is 0.917 bits per heavy atom. The highest BCUT2D eigenvalue weighted by atomic mass is 14.6. The first-order valence-corrected chi connectivity index (χ1v) is 4.87. The van der Waals surface area contributed by atoms with Crippen LogP contribution in [0.1, 0.15) is 25.7 Å². The summed E-state index contributed by atoms with van der Waals surface area (Å²) in [6.45, 7) is 0. The number of allylic oxidation sites excluding steroid dienone is 6. The van der Waals surface area contributed by atoms with Crippen LogP contribution in [0.25, 0.3) is 0 Å². The van der Waals surface area contributed by atoms with Crippen LogP contribution in [0.3, 0.4) is 0 Å². The van der Waals surface area contributed by atoms with Crippen molar-refractivity contribution in [3.63, 3.8) is 0 Å². The Kier molecular flexibility index (Phi) is 1.08. The van der Waals surface area contributed by atoms with Gasteiger partial charge in [0, 0.05) is 10.8 Å². The summed E-state index contributed by atoms with van der Waals surface area (Å²) in [7, 11) is 0. The highest BCUT2D eigenvalue weighted by molar-refractivity contribution is 5.35. The summed E-state index contributed by atoms with van der Waals surface area (Å²) in [5, 5.41) is 0. The molecule has 3 rings (SSSR count). The molecule has 0 heteroatoms. The zero-order chi connectivity index (χ0) is 8.07. The molecule has 62 valence electrons. The van der Waals surface area contributed by atoms with Crippen molar-refractivity contribution in [2.75, 3.05) is 0 Å². The van der Waals surface area contributed by atoms with Gasteiger partial charge in [0.15, 0.2) is 0 Å². The molecule has 0 aromatic heterocycles. The van der Waals surface area contributed by atoms with E-state index in [1.807, 2.05) is 0 Å². The van der Waals surface area contributed by atoms with Gasteiger partial charge in [-0.15, -0.1) is 0 Å². The molecule has 0 aromatic rings. The lowest BCUT2D eigenvalue weighted by Crippen LogP contribution is -2.47. The molecule has 0 saturated heterocycles. The van der Waals surface area contributed by atoms with Gasteiger partial charge in [0.2, 0.25) is 0 Å². The molecule has 3 aliphatic rings. The third kappa shape index (κ3) is 0.565. The van der Waals surface area contributed by atoms with Crippen molar-refractivity contribution in [2.45, 2.75) is 25.7 Å². The monoisotopic (exact) mass is 158 g/mol. The van der Waals surface area contributed by atoms with Crippen molar-refractivity contribution in [1.29, 1.82) is 0 Å². The number of rotatable bonds is 0. The predicted octanol–water partition coefficient (Wildman–Crippen LogP) is 3.23. The molecule has 0 nitrogen and oxygen atoms in total. The van der Waals surface area contributed by atoms with Crippen molar-refractivity contribution in [2.24, 2.45) is 10.8 Å². The summed E-state index contributed by atoms with van der Waals surface area (Å²) < 4.78 is 0. The normalized spacial score (nSPS) is 48.0. The van der Waals surface area contributed by atoms with Crippen LogP contribution in [0.2, 0.25) is 0 Å². The summed E-state index contributed by atoms with van der Waals surface area (Å²) in [6, 6.07) is 0. The maximum absolute atomic E-state index is 2.44. The second kappa shape index (κ2) is 1.93. The molecule has 12 heavy (non-hydrogen) atoms. The minimum Gasteiger partial charge on any atom is -0.0876 e. The lowest BCUT2D eigenvalue weighted by atomic mass is 9.47. The van der Waals surface area contributed by atoms with E-state index in [0.717, 1.165) is 0 Å². The van der Waals surface area contributed by atoms with Crippen molar-refractivity contribution in [3.8, 4) is 0 Å². The first kappa shape index (κ1) is 6.71. The van der Waals surface area contributed by atoms with E-state index in [9.17, 15) is 0 Å². The second-order valence-electron chi connectivity index (χ2n) is 4.40. The quantitative estimate of drug-likeness (QED) is 0.475. The molecule has 0 spiro atoms. The van der Waals surface area contributed by atoms with E-state index in [2.05, 4.69) is 36.5 Å². The van der Waals surface area contributed by atoms with Crippen molar-refractivity contribution < 1.29 is 0 Å². The molecular formula is C12H14. The smallest absolute Gasteiger partial charge is 0.00477 e. The van der Waals surface area contributed by atoms with E-state index in [1.54, 1.807) is 0 Å². The molecule has 0 radical (unpaired) electrons. The van der Waals surface area contributed by atoms with Gasteiger partial charge in [-0.2, -0.15) is 0 Å². The summed E-state index contributed by atoms with van der Waals surface area (Å²) in [5.74, 6) is 0. The van der Waals surface area contributed by atoms with E-state index in [1.165, 1.54) is 25.7 Å². The molecule has 0 fully saturated rings. The van der Waals surface area contributed by atoms with Crippen LogP contribution in [0, 0.1) is 10.8 Å². The summed E-state index contributed by atoms with van der Waals surface area (Å²) in [5.41, 5.74) is 1.08. The summed E-state index contributed by atoms with van der Waals surface area (Å²) >= 11 is 0. The van der Waals surface area contributed by atoms with Crippen molar-refractivity contribution >= 4 is 0 Å². The topological polar surface area (TPSA) is 0 Å². The van der Waals surface area contributed by atoms with E-state index in [0.29, 0.717) is 10.8 Å². The molecule has 0 heterocycles. The van der Waals surface area contributed by atoms with Crippen molar-refractivity contribution in [1.82, 2.24) is 0 Å². The Bertz CT molecular complexity index is 245. The molecule has 0 N–H and O–H groups in total. The van der Waals surface area contributed by atoms with Gasteiger partial charge in [0.05, 0.1) is 0 Å². The van der Waals surface area contributed by atoms with Crippen LogP contribution < -0.4 is 0 Å². The molecular weight excluding hydrogens is 144 g/mol. The van der Waals surface area contributed by atoms with Crippen LogP contribution in [0.4, 0.5) is 0 Å². The Morgan fingerprint density at radius 3 is 1.17 bits per heavy atom. The minimum atomic E-state index is 0.538. The van der Waals surface area contributed by atoms with Gasteiger partial charge in [0.25, 0.3) is 0 Å². The zero-order valence-corrected chi connectivity index (χ0v) is 7.29. The van der Waals surface area contributed by atoms with Gasteiger partial charge in [-0.05, 0) is 25.7 Å². The Balaban J connectivity index is 2.09. The maximum atomic E-state index is 2.44. The minimum absolute atomic E-state index is 0.538. The van der Waals surface area contributed by atoms with Gasteiger partial charge in [-0.1, -0.05) is 36.5 Å². The van der Waals surface area contributed by atoms with Crippen molar-refractivity contribution in [3.05, 3.63) is 36.5 Å². The van der Waals surface area contributed by atoms with Crippen LogP contribution >= 0.6 is 0 Å². The van der Waals surface area contributed by atoms with Gasteiger partial charge in [-0.25, -0.2) is 0 Å². The number of hydrogen-bond acceptors (Lipinski definition) is 0. The van der Waals surface area contributed by atoms with Crippen LogP contribution in [-0.4, -0.2) is 0 Å². The Morgan fingerprint density at radius 1 is 0.583 bits per heavy atom. The summed E-state index contributed by atoms with van der Waals surface area (Å²) in [6.07, 6.45) is 19.4. The van der Waals surface area contributed by atoms with Gasteiger partial charge < -0.3 is 0 Å². The average molecular weight is 158 g/mol. The fourth-order valence-electron chi connectivity index (χ4n) is 2.98. The lowest BCUT2D eigenvalue weighted by Gasteiger charge is -2.57. The standard InChI is InChI=1S/C12H14/c1-2-6-12-8-4-3-7-11(12,5-1)9-10-12/h1-4,9-10H,5-8H2. The zero-order valence-electron chi connectivity index (χ0n) is 7.29. The average Bonchev–Trinajstić information content (AvgIpc) is 2.09.